The number of para-hydroxylation sites is 1. The molecule has 3 aliphatic heterocycles. The highest BCUT2D eigenvalue weighted by molar-refractivity contribution is 5.92. The lowest BCUT2D eigenvalue weighted by molar-refractivity contribution is 0.117. The van der Waals surface area contributed by atoms with E-state index in [1.807, 2.05) is 18.2 Å². The quantitative estimate of drug-likeness (QED) is 0.886. The normalized spacial score (nSPS) is 34.8. The molecule has 2 amide bonds. The molecule has 1 aromatic carbocycles. The summed E-state index contributed by atoms with van der Waals surface area (Å²) in [6.45, 7) is 6.55. The van der Waals surface area contributed by atoms with Gasteiger partial charge in [-0.3, -0.25) is 4.90 Å². The SMILES string of the molecule is CC1CC(C)C2CC(N(C(=O)N3CCCC3)c3ccccc3)CC1N2. The zero-order valence-electron chi connectivity index (χ0n) is 15.5. The van der Waals surface area contributed by atoms with E-state index in [0.717, 1.165) is 44.5 Å². The Balaban J connectivity index is 1.62. The summed E-state index contributed by atoms with van der Waals surface area (Å²) in [5, 5.41) is 3.85. The number of hydrogen-bond acceptors (Lipinski definition) is 2. The first-order chi connectivity index (χ1) is 12.1. The fraction of sp³-hybridized carbons (Fsp3) is 0.667. The van der Waals surface area contributed by atoms with E-state index in [0.29, 0.717) is 30.0 Å². The molecule has 4 rings (SSSR count). The van der Waals surface area contributed by atoms with Crippen molar-refractivity contribution in [3.05, 3.63) is 30.3 Å². The highest BCUT2D eigenvalue weighted by Crippen LogP contribution is 2.37. The molecular weight excluding hydrogens is 310 g/mol. The van der Waals surface area contributed by atoms with Crippen LogP contribution < -0.4 is 10.2 Å². The maximum atomic E-state index is 13.4. The van der Waals surface area contributed by atoms with Crippen molar-refractivity contribution in [3.8, 4) is 0 Å². The molecule has 2 bridgehead atoms. The summed E-state index contributed by atoms with van der Waals surface area (Å²) in [6.07, 6.45) is 5.72. The number of nitrogens with one attached hydrogen (secondary N) is 1. The van der Waals surface area contributed by atoms with Crippen LogP contribution in [0.15, 0.2) is 30.3 Å². The first kappa shape index (κ1) is 16.9. The van der Waals surface area contributed by atoms with Crippen LogP contribution in [-0.2, 0) is 0 Å². The average Bonchev–Trinajstić information content (AvgIpc) is 3.16. The molecule has 4 atom stereocenters. The van der Waals surface area contributed by atoms with Crippen molar-refractivity contribution >= 4 is 11.7 Å². The van der Waals surface area contributed by atoms with Crippen LogP contribution in [0.1, 0.15) is 46.0 Å². The van der Waals surface area contributed by atoms with Gasteiger partial charge < -0.3 is 10.2 Å². The van der Waals surface area contributed by atoms with Crippen molar-refractivity contribution < 1.29 is 4.79 Å². The van der Waals surface area contributed by atoms with Crippen molar-refractivity contribution in [2.75, 3.05) is 18.0 Å². The Morgan fingerprint density at radius 2 is 1.60 bits per heavy atom. The van der Waals surface area contributed by atoms with Gasteiger partial charge in [0.2, 0.25) is 0 Å². The van der Waals surface area contributed by atoms with Gasteiger partial charge in [0.1, 0.15) is 0 Å². The van der Waals surface area contributed by atoms with Crippen molar-refractivity contribution in [2.24, 2.45) is 11.8 Å². The van der Waals surface area contributed by atoms with E-state index in [4.69, 9.17) is 0 Å². The number of rotatable bonds is 2. The van der Waals surface area contributed by atoms with E-state index in [1.54, 1.807) is 0 Å². The molecule has 3 fully saturated rings. The summed E-state index contributed by atoms with van der Waals surface area (Å²) in [7, 11) is 0. The van der Waals surface area contributed by atoms with Crippen LogP contribution in [0.5, 0.6) is 0 Å². The molecule has 0 radical (unpaired) electrons. The van der Waals surface area contributed by atoms with E-state index >= 15 is 0 Å². The molecular formula is C21H31N3O. The third kappa shape index (κ3) is 3.29. The number of anilines is 1. The van der Waals surface area contributed by atoms with Crippen LogP contribution in [0.25, 0.3) is 0 Å². The Morgan fingerprint density at radius 1 is 1.00 bits per heavy atom. The highest BCUT2D eigenvalue weighted by Gasteiger charge is 2.42. The molecule has 3 aliphatic rings. The van der Waals surface area contributed by atoms with E-state index in [2.05, 4.69) is 41.1 Å². The average molecular weight is 341 g/mol. The Labute approximate surface area is 151 Å². The summed E-state index contributed by atoms with van der Waals surface area (Å²) in [5.74, 6) is 1.38. The molecule has 25 heavy (non-hydrogen) atoms. The predicted octanol–water partition coefficient (Wildman–Crippen LogP) is 3.87. The first-order valence-electron chi connectivity index (χ1n) is 10.0. The molecule has 4 nitrogen and oxygen atoms in total. The number of nitrogens with zero attached hydrogens (tertiary/aromatic N) is 2. The van der Waals surface area contributed by atoms with Gasteiger partial charge in [0.05, 0.1) is 0 Å². The van der Waals surface area contributed by atoms with Gasteiger partial charge in [0.15, 0.2) is 0 Å². The fourth-order valence-corrected chi connectivity index (χ4v) is 5.14. The molecule has 0 saturated carbocycles. The van der Waals surface area contributed by atoms with Gasteiger partial charge in [-0.25, -0.2) is 4.79 Å². The lowest BCUT2D eigenvalue weighted by Crippen LogP contribution is -2.61. The van der Waals surface area contributed by atoms with E-state index in [-0.39, 0.29) is 6.03 Å². The topological polar surface area (TPSA) is 35.6 Å². The second-order valence-corrected chi connectivity index (χ2v) is 8.38. The van der Waals surface area contributed by atoms with Gasteiger partial charge in [-0.05, 0) is 56.1 Å². The molecule has 0 aliphatic carbocycles. The molecule has 1 N–H and O–H groups in total. The fourth-order valence-electron chi connectivity index (χ4n) is 5.14. The Morgan fingerprint density at radius 3 is 2.20 bits per heavy atom. The van der Waals surface area contributed by atoms with Crippen LogP contribution in [-0.4, -0.2) is 42.1 Å². The minimum absolute atomic E-state index is 0.217. The van der Waals surface area contributed by atoms with Crippen LogP contribution >= 0.6 is 0 Å². The standard InChI is InChI=1S/C21H31N3O/c1-15-12-16(2)20-14-18(13-19(15)22-20)24(17-8-4-3-5-9-17)21(25)23-10-6-7-11-23/h3-5,8-9,15-16,18-20,22H,6-7,10-14H2,1-2H3. The monoisotopic (exact) mass is 341 g/mol. The zero-order valence-corrected chi connectivity index (χ0v) is 15.5. The lowest BCUT2D eigenvalue weighted by Gasteiger charge is -2.49. The number of urea groups is 1. The number of fused-ring (bicyclic) bond motifs is 2. The van der Waals surface area contributed by atoms with Gasteiger partial charge in [-0.1, -0.05) is 32.0 Å². The molecule has 1 aromatic rings. The smallest absolute Gasteiger partial charge is 0.324 e. The number of hydrogen-bond donors (Lipinski definition) is 1. The van der Waals surface area contributed by atoms with Gasteiger partial charge in [-0.15, -0.1) is 0 Å². The van der Waals surface area contributed by atoms with Gasteiger partial charge in [0, 0.05) is 36.9 Å². The number of likely N-dealkylation sites (tertiary alicyclic amines) is 1. The Hall–Kier alpha value is -1.55. The summed E-state index contributed by atoms with van der Waals surface area (Å²) < 4.78 is 0. The number of carbonyl (C=O) groups excluding carboxylic acids is 1. The number of benzene rings is 1. The van der Waals surface area contributed by atoms with Gasteiger partial charge >= 0.3 is 6.03 Å². The number of carbonyl (C=O) groups is 1. The van der Waals surface area contributed by atoms with E-state index < -0.39 is 0 Å². The van der Waals surface area contributed by atoms with Crippen LogP contribution in [0.2, 0.25) is 0 Å². The molecule has 4 unspecified atom stereocenters. The summed E-state index contributed by atoms with van der Waals surface area (Å²) >= 11 is 0. The predicted molar refractivity (Wildman–Crippen MR) is 102 cm³/mol. The van der Waals surface area contributed by atoms with Crippen molar-refractivity contribution in [2.45, 2.75) is 64.1 Å². The maximum absolute atomic E-state index is 13.4. The minimum Gasteiger partial charge on any atom is -0.324 e. The number of amides is 2. The molecule has 0 spiro atoms. The van der Waals surface area contributed by atoms with Crippen molar-refractivity contribution in [1.82, 2.24) is 10.2 Å². The molecule has 4 heteroatoms. The molecule has 3 saturated heterocycles. The van der Waals surface area contributed by atoms with E-state index in [1.165, 1.54) is 6.42 Å². The largest absolute Gasteiger partial charge is 0.324 e. The van der Waals surface area contributed by atoms with Crippen LogP contribution in [0.4, 0.5) is 10.5 Å². The summed E-state index contributed by atoms with van der Waals surface area (Å²) in [6, 6.07) is 11.9. The summed E-state index contributed by atoms with van der Waals surface area (Å²) in [5.41, 5.74) is 1.06. The maximum Gasteiger partial charge on any atom is 0.324 e. The Bertz CT molecular complexity index is 582. The third-order valence-corrected chi connectivity index (χ3v) is 6.58. The second-order valence-electron chi connectivity index (χ2n) is 8.38. The minimum atomic E-state index is 0.217. The summed E-state index contributed by atoms with van der Waals surface area (Å²) in [4.78, 5) is 17.5. The zero-order chi connectivity index (χ0) is 17.4. The molecule has 0 aromatic heterocycles. The van der Waals surface area contributed by atoms with Crippen molar-refractivity contribution in [3.63, 3.8) is 0 Å². The molecule has 3 heterocycles. The lowest BCUT2D eigenvalue weighted by atomic mass is 9.73. The third-order valence-electron chi connectivity index (χ3n) is 6.58. The highest BCUT2D eigenvalue weighted by atomic mass is 16.2. The van der Waals surface area contributed by atoms with Gasteiger partial charge in [0.25, 0.3) is 0 Å². The van der Waals surface area contributed by atoms with Crippen LogP contribution in [0, 0.1) is 11.8 Å². The van der Waals surface area contributed by atoms with Gasteiger partial charge in [-0.2, -0.15) is 0 Å². The van der Waals surface area contributed by atoms with Crippen LogP contribution in [0.3, 0.4) is 0 Å². The number of piperidine rings is 2. The molecule has 136 valence electrons. The first-order valence-corrected chi connectivity index (χ1v) is 10.0. The Kier molecular flexibility index (Phi) is 4.72. The second kappa shape index (κ2) is 6.99. The van der Waals surface area contributed by atoms with E-state index in [9.17, 15) is 4.79 Å². The van der Waals surface area contributed by atoms with Crippen molar-refractivity contribution in [1.29, 1.82) is 0 Å².